The molecule has 0 aromatic heterocycles. The van der Waals surface area contributed by atoms with E-state index in [0.717, 1.165) is 5.69 Å². The third-order valence-corrected chi connectivity index (χ3v) is 8.21. The van der Waals surface area contributed by atoms with Crippen molar-refractivity contribution in [3.63, 3.8) is 0 Å². The molecule has 1 aromatic carbocycles. The molecule has 0 aliphatic heterocycles. The largest absolute Gasteiger partial charge is 0.399 e. The molecule has 0 heterocycles. The fourth-order valence-electron chi connectivity index (χ4n) is 1.95. The van der Waals surface area contributed by atoms with Crippen molar-refractivity contribution in [2.45, 2.75) is 19.6 Å². The molecule has 0 amide bonds. The summed E-state index contributed by atoms with van der Waals surface area (Å²) < 4.78 is 0. The van der Waals surface area contributed by atoms with Gasteiger partial charge in [-0.05, 0) is 11.3 Å². The first-order chi connectivity index (χ1) is 6.24. The van der Waals surface area contributed by atoms with E-state index in [1.165, 1.54) is 0 Å². The summed E-state index contributed by atoms with van der Waals surface area (Å²) in [4.78, 5) is 0. The first-order valence-electron chi connectivity index (χ1n) is 5.13. The molecule has 0 radical (unpaired) electrons. The lowest BCUT2D eigenvalue weighted by Gasteiger charge is -2.13. The van der Waals surface area contributed by atoms with Crippen LogP contribution in [-0.4, -0.2) is 28.6 Å². The molecule has 0 atom stereocenters. The Balaban J connectivity index is 3.27. The van der Waals surface area contributed by atoms with Gasteiger partial charge in [0.25, 0.3) is 0 Å². The van der Waals surface area contributed by atoms with Crippen LogP contribution in [0.2, 0.25) is 19.6 Å². The third kappa shape index (κ3) is 2.12. The lowest BCUT2D eigenvalue weighted by molar-refractivity contribution is 1.80. The van der Waals surface area contributed by atoms with Gasteiger partial charge in [0.2, 0.25) is 0 Å². The van der Waals surface area contributed by atoms with Crippen LogP contribution in [0.15, 0.2) is 12.1 Å². The van der Waals surface area contributed by atoms with Crippen LogP contribution in [0.25, 0.3) is 0 Å². The monoisotopic (exact) mass is 225 g/mol. The lowest BCUT2D eigenvalue weighted by Crippen LogP contribution is -2.47. The summed E-state index contributed by atoms with van der Waals surface area (Å²) >= 11 is 0. The van der Waals surface area contributed by atoms with Gasteiger partial charge >= 0.3 is 0 Å². The molecule has 1 aromatic rings. The maximum atomic E-state index is 6.00. The molecule has 0 aliphatic rings. The minimum atomic E-state index is -0.0763. The van der Waals surface area contributed by atoms with E-state index >= 15 is 0 Å². The SMILES string of the molecule is C[SiH2]c1ccc(N)c([SiH2]C)c1[SiH2]C. The van der Waals surface area contributed by atoms with Crippen LogP contribution >= 0.6 is 0 Å². The second-order valence-corrected chi connectivity index (χ2v) is 7.63. The molecule has 0 bridgehead atoms. The Labute approximate surface area is 87.6 Å². The molecule has 0 spiro atoms. The minimum Gasteiger partial charge on any atom is -0.399 e. The number of hydrogen-bond donors (Lipinski definition) is 1. The summed E-state index contributed by atoms with van der Waals surface area (Å²) in [5.74, 6) is 0. The van der Waals surface area contributed by atoms with Gasteiger partial charge in [-0.15, -0.1) is 0 Å². The first kappa shape index (κ1) is 10.7. The van der Waals surface area contributed by atoms with Crippen LogP contribution in [0.1, 0.15) is 0 Å². The minimum absolute atomic E-state index is 0.00605. The number of nitrogens with two attached hydrogens (primary N) is 1. The van der Waals surface area contributed by atoms with Gasteiger partial charge < -0.3 is 5.73 Å². The van der Waals surface area contributed by atoms with E-state index in [1.54, 1.807) is 15.6 Å². The average molecular weight is 226 g/mol. The highest BCUT2D eigenvalue weighted by atomic mass is 28.2. The fraction of sp³-hybridized carbons (Fsp3) is 0.333. The van der Waals surface area contributed by atoms with E-state index < -0.39 is 0 Å². The van der Waals surface area contributed by atoms with Gasteiger partial charge in [-0.3, -0.25) is 0 Å². The van der Waals surface area contributed by atoms with E-state index in [4.69, 9.17) is 5.73 Å². The predicted molar refractivity (Wildman–Crippen MR) is 73.0 cm³/mol. The number of hydrogen-bond acceptors (Lipinski definition) is 1. The van der Waals surface area contributed by atoms with E-state index in [1.807, 2.05) is 0 Å². The Hall–Kier alpha value is -0.329. The Morgan fingerprint density at radius 3 is 2.00 bits per heavy atom. The average Bonchev–Trinajstić information content (AvgIpc) is 2.17. The summed E-state index contributed by atoms with van der Waals surface area (Å²) in [5, 5.41) is 5.00. The van der Waals surface area contributed by atoms with Crippen LogP contribution in [-0.2, 0) is 0 Å². The molecule has 0 saturated carbocycles. The quantitative estimate of drug-likeness (QED) is 0.458. The summed E-state index contributed by atoms with van der Waals surface area (Å²) in [5.41, 5.74) is 7.08. The molecule has 2 N–H and O–H groups in total. The zero-order valence-corrected chi connectivity index (χ0v) is 13.1. The van der Waals surface area contributed by atoms with Crippen molar-refractivity contribution in [1.82, 2.24) is 0 Å². The van der Waals surface area contributed by atoms with Crippen molar-refractivity contribution in [3.05, 3.63) is 12.1 Å². The standard InChI is InChI=1S/C9H19NSi3/c1-11-7-5-4-6(10)8(12-2)9(7)13-3/h4-5H,10-13H2,1-3H3. The van der Waals surface area contributed by atoms with Crippen molar-refractivity contribution in [2.24, 2.45) is 0 Å². The lowest BCUT2D eigenvalue weighted by atomic mass is 10.3. The molecule has 0 fully saturated rings. The van der Waals surface area contributed by atoms with E-state index in [2.05, 4.69) is 31.8 Å². The highest BCUT2D eigenvalue weighted by Crippen LogP contribution is 1.92. The van der Waals surface area contributed by atoms with Gasteiger partial charge in [0.1, 0.15) is 0 Å². The Kier molecular flexibility index (Phi) is 3.95. The van der Waals surface area contributed by atoms with Crippen LogP contribution in [0.4, 0.5) is 5.69 Å². The normalized spacial score (nSPS) is 13.2. The van der Waals surface area contributed by atoms with E-state index in [9.17, 15) is 0 Å². The summed E-state index contributed by atoms with van der Waals surface area (Å²) in [6, 6.07) is 4.41. The topological polar surface area (TPSA) is 26.0 Å². The van der Waals surface area contributed by atoms with Gasteiger partial charge in [-0.25, -0.2) is 0 Å². The van der Waals surface area contributed by atoms with Gasteiger partial charge in [0.05, 0.1) is 28.6 Å². The number of benzene rings is 1. The molecular weight excluding hydrogens is 206 g/mol. The molecule has 4 heteroatoms. The first-order valence-corrected chi connectivity index (χ1v) is 11.5. The van der Waals surface area contributed by atoms with Crippen molar-refractivity contribution in [3.8, 4) is 0 Å². The van der Waals surface area contributed by atoms with Gasteiger partial charge in [-0.1, -0.05) is 36.1 Å². The maximum absolute atomic E-state index is 6.00. The van der Waals surface area contributed by atoms with Crippen LogP contribution < -0.4 is 21.3 Å². The molecule has 0 unspecified atom stereocenters. The Bertz CT molecular complexity index is 299. The van der Waals surface area contributed by atoms with Crippen LogP contribution in [0.3, 0.4) is 0 Å². The highest BCUT2D eigenvalue weighted by molar-refractivity contribution is 6.73. The number of nitrogen functional groups attached to an aromatic ring is 1. The molecule has 0 aliphatic carbocycles. The number of rotatable bonds is 3. The van der Waals surface area contributed by atoms with Crippen molar-refractivity contribution in [1.29, 1.82) is 0 Å². The zero-order chi connectivity index (χ0) is 9.84. The summed E-state index contributed by atoms with van der Waals surface area (Å²) in [6.07, 6.45) is 0. The third-order valence-electron chi connectivity index (χ3n) is 2.65. The molecule has 1 nitrogen and oxygen atoms in total. The van der Waals surface area contributed by atoms with Crippen LogP contribution in [0.5, 0.6) is 0 Å². The highest BCUT2D eigenvalue weighted by Gasteiger charge is 2.07. The number of anilines is 1. The van der Waals surface area contributed by atoms with Gasteiger partial charge in [0.15, 0.2) is 0 Å². The molecule has 72 valence electrons. The molecule has 1 rings (SSSR count). The second kappa shape index (κ2) is 4.78. The smallest absolute Gasteiger partial charge is 0.0542 e. The van der Waals surface area contributed by atoms with E-state index in [-0.39, 0.29) is 28.6 Å². The molecule has 0 saturated heterocycles. The zero-order valence-electron chi connectivity index (χ0n) is 8.85. The molecule has 13 heavy (non-hydrogen) atoms. The van der Waals surface area contributed by atoms with E-state index in [0.29, 0.717) is 0 Å². The Morgan fingerprint density at radius 1 is 0.923 bits per heavy atom. The summed E-state index contributed by atoms with van der Waals surface area (Å²) in [7, 11) is -0.0908. The van der Waals surface area contributed by atoms with Gasteiger partial charge in [-0.2, -0.15) is 0 Å². The molecular formula is C9H19NSi3. The van der Waals surface area contributed by atoms with Crippen molar-refractivity contribution < 1.29 is 0 Å². The van der Waals surface area contributed by atoms with Crippen molar-refractivity contribution in [2.75, 3.05) is 5.73 Å². The summed E-state index contributed by atoms with van der Waals surface area (Å²) in [6.45, 7) is 7.11. The maximum Gasteiger partial charge on any atom is 0.0542 e. The van der Waals surface area contributed by atoms with Crippen LogP contribution in [0, 0.1) is 0 Å². The Morgan fingerprint density at radius 2 is 1.54 bits per heavy atom. The fourth-order valence-corrected chi connectivity index (χ4v) is 8.58. The predicted octanol–water partition coefficient (Wildman–Crippen LogP) is -2.20. The second-order valence-electron chi connectivity index (χ2n) is 3.33. The van der Waals surface area contributed by atoms with Crippen molar-refractivity contribution >= 4 is 49.8 Å². The van der Waals surface area contributed by atoms with Gasteiger partial charge in [0, 0.05) is 5.69 Å².